The van der Waals surface area contributed by atoms with Crippen LogP contribution in [0.25, 0.3) is 0 Å². The van der Waals surface area contributed by atoms with Gasteiger partial charge in [0.2, 0.25) is 5.91 Å². The monoisotopic (exact) mass is 485 g/mol. The highest BCUT2D eigenvalue weighted by atomic mass is 16.6. The van der Waals surface area contributed by atoms with E-state index in [1.807, 2.05) is 0 Å². The summed E-state index contributed by atoms with van der Waals surface area (Å²) in [6.07, 6.45) is -1.17. The number of imide groups is 1. The second-order valence-corrected chi connectivity index (χ2v) is 7.82. The minimum Gasteiger partial charge on any atom is -0.480 e. The van der Waals surface area contributed by atoms with Crippen LogP contribution in [0.4, 0.5) is 9.59 Å². The molecule has 10 heteroatoms. The molecule has 0 saturated carbocycles. The molecule has 4 N–H and O–H groups in total. The molecule has 3 amide bonds. The first-order valence-corrected chi connectivity index (χ1v) is 11.3. The number of carboxylic acids is 1. The number of rotatable bonds is 12. The third-order valence-electron chi connectivity index (χ3n) is 5.08. The molecular formula is C25H31N3O7. The van der Waals surface area contributed by atoms with Gasteiger partial charge in [-0.2, -0.15) is 4.90 Å². The lowest BCUT2D eigenvalue weighted by Crippen LogP contribution is -2.55. The standard InChI is InChI=1S/C25H31N3O7/c1-18(23(30)31)27-22(29)21(14-8-9-15-26)28(24(32)34-16-19-10-4-2-5-11-19)25(33)35-17-20-12-6-3-7-13-20/h2-7,10-13,18,21H,8-9,14-17,26H2,1H3,(H,27,29)(H,30,31). The van der Waals surface area contributed by atoms with Gasteiger partial charge in [-0.15, -0.1) is 0 Å². The molecule has 0 fully saturated rings. The minimum absolute atomic E-state index is 0.0518. The smallest absolute Gasteiger partial charge is 0.420 e. The molecule has 0 radical (unpaired) electrons. The van der Waals surface area contributed by atoms with Gasteiger partial charge in [0.15, 0.2) is 0 Å². The van der Waals surface area contributed by atoms with Gasteiger partial charge in [0, 0.05) is 0 Å². The van der Waals surface area contributed by atoms with Crippen molar-refractivity contribution < 1.29 is 33.8 Å². The summed E-state index contributed by atoms with van der Waals surface area (Å²) >= 11 is 0. The molecule has 2 unspecified atom stereocenters. The van der Waals surface area contributed by atoms with Crippen molar-refractivity contribution in [2.75, 3.05) is 6.54 Å². The molecule has 0 aliphatic carbocycles. The zero-order valence-corrected chi connectivity index (χ0v) is 19.6. The van der Waals surface area contributed by atoms with E-state index in [-0.39, 0.29) is 19.6 Å². The number of carbonyl (C=O) groups is 4. The van der Waals surface area contributed by atoms with Gasteiger partial charge < -0.3 is 25.6 Å². The van der Waals surface area contributed by atoms with E-state index in [0.29, 0.717) is 35.4 Å². The molecule has 10 nitrogen and oxygen atoms in total. The molecule has 35 heavy (non-hydrogen) atoms. The van der Waals surface area contributed by atoms with Gasteiger partial charge in [0.05, 0.1) is 0 Å². The van der Waals surface area contributed by atoms with Crippen LogP contribution in [0.15, 0.2) is 60.7 Å². The Kier molecular flexibility index (Phi) is 11.2. The minimum atomic E-state index is -1.35. The van der Waals surface area contributed by atoms with Gasteiger partial charge in [-0.25, -0.2) is 9.59 Å². The number of nitrogens with two attached hydrogens (primary N) is 1. The highest BCUT2D eigenvalue weighted by molar-refractivity contribution is 5.96. The van der Waals surface area contributed by atoms with Crippen molar-refractivity contribution in [1.82, 2.24) is 10.2 Å². The fraction of sp³-hybridized carbons (Fsp3) is 0.360. The van der Waals surface area contributed by atoms with Gasteiger partial charge in [0.25, 0.3) is 0 Å². The molecule has 2 aromatic carbocycles. The Bertz CT molecular complexity index is 914. The van der Waals surface area contributed by atoms with E-state index in [1.165, 1.54) is 6.92 Å². The molecule has 2 rings (SSSR count). The van der Waals surface area contributed by atoms with Gasteiger partial charge >= 0.3 is 18.2 Å². The second-order valence-electron chi connectivity index (χ2n) is 7.82. The van der Waals surface area contributed by atoms with E-state index in [0.717, 1.165) is 0 Å². The predicted octanol–water partition coefficient (Wildman–Crippen LogP) is 3.05. The summed E-state index contributed by atoms with van der Waals surface area (Å²) in [7, 11) is 0. The van der Waals surface area contributed by atoms with Gasteiger partial charge in [-0.3, -0.25) is 9.59 Å². The molecule has 0 aliphatic rings. The van der Waals surface area contributed by atoms with Crippen molar-refractivity contribution in [2.45, 2.75) is 51.5 Å². The first-order valence-electron chi connectivity index (χ1n) is 11.3. The molecule has 0 saturated heterocycles. The molecule has 0 aromatic heterocycles. The van der Waals surface area contributed by atoms with E-state index in [2.05, 4.69) is 5.32 Å². The SMILES string of the molecule is CC(NC(=O)C(CCCCN)N(C(=O)OCc1ccccc1)C(=O)OCc1ccccc1)C(=O)O. The van der Waals surface area contributed by atoms with Crippen LogP contribution >= 0.6 is 0 Å². The zero-order valence-electron chi connectivity index (χ0n) is 19.6. The van der Waals surface area contributed by atoms with Gasteiger partial charge in [-0.05, 0) is 43.9 Å². The van der Waals surface area contributed by atoms with Crippen LogP contribution in [0, 0.1) is 0 Å². The Balaban J connectivity index is 2.26. The molecule has 2 atom stereocenters. The van der Waals surface area contributed by atoms with E-state index >= 15 is 0 Å². The summed E-state index contributed by atoms with van der Waals surface area (Å²) in [5.74, 6) is -2.07. The number of benzene rings is 2. The fourth-order valence-electron chi connectivity index (χ4n) is 3.14. The third-order valence-corrected chi connectivity index (χ3v) is 5.08. The number of hydrogen-bond donors (Lipinski definition) is 3. The number of unbranched alkanes of at least 4 members (excludes halogenated alkanes) is 1. The number of carboxylic acid groups (broad SMARTS) is 1. The van der Waals surface area contributed by atoms with Crippen LogP contribution in [-0.4, -0.2) is 52.7 Å². The Labute approximate surface area is 204 Å². The average molecular weight is 486 g/mol. The normalized spacial score (nSPS) is 12.2. The molecule has 0 heterocycles. The first-order chi connectivity index (χ1) is 16.8. The Morgan fingerprint density at radius 3 is 1.80 bits per heavy atom. The maximum absolute atomic E-state index is 13.0. The number of nitrogens with zero attached hydrogens (tertiary/aromatic N) is 1. The van der Waals surface area contributed by atoms with Crippen LogP contribution in [0.1, 0.15) is 37.3 Å². The number of amides is 3. The molecule has 0 aliphatic heterocycles. The summed E-state index contributed by atoms with van der Waals surface area (Å²) in [5.41, 5.74) is 6.92. The zero-order chi connectivity index (χ0) is 25.6. The summed E-state index contributed by atoms with van der Waals surface area (Å²) < 4.78 is 10.6. The summed E-state index contributed by atoms with van der Waals surface area (Å²) in [6.45, 7) is 1.36. The van der Waals surface area contributed by atoms with Gasteiger partial charge in [0.1, 0.15) is 25.3 Å². The highest BCUT2D eigenvalue weighted by Crippen LogP contribution is 2.16. The summed E-state index contributed by atoms with van der Waals surface area (Å²) in [5, 5.41) is 11.5. The Hall–Kier alpha value is -3.92. The Morgan fingerprint density at radius 2 is 1.37 bits per heavy atom. The van der Waals surface area contributed by atoms with Crippen molar-refractivity contribution in [3.8, 4) is 0 Å². The summed E-state index contributed by atoms with van der Waals surface area (Å²) in [4.78, 5) is 50.9. The number of carbonyl (C=O) groups excluding carboxylic acids is 3. The number of ether oxygens (including phenoxy) is 2. The quantitative estimate of drug-likeness (QED) is 0.389. The van der Waals surface area contributed by atoms with Crippen molar-refractivity contribution >= 4 is 24.1 Å². The average Bonchev–Trinajstić information content (AvgIpc) is 2.86. The highest BCUT2D eigenvalue weighted by Gasteiger charge is 2.38. The lowest BCUT2D eigenvalue weighted by atomic mass is 10.1. The van der Waals surface area contributed by atoms with Crippen molar-refractivity contribution in [2.24, 2.45) is 5.73 Å². The Morgan fingerprint density at radius 1 is 0.886 bits per heavy atom. The molecule has 188 valence electrons. The molecule has 0 bridgehead atoms. The maximum Gasteiger partial charge on any atom is 0.420 e. The molecule has 0 spiro atoms. The lowest BCUT2D eigenvalue weighted by molar-refractivity contribution is -0.142. The van der Waals surface area contributed by atoms with Crippen LogP contribution in [-0.2, 0) is 32.3 Å². The summed E-state index contributed by atoms with van der Waals surface area (Å²) in [6, 6.07) is 15.1. The predicted molar refractivity (Wildman–Crippen MR) is 127 cm³/mol. The van der Waals surface area contributed by atoms with Crippen LogP contribution in [0.5, 0.6) is 0 Å². The lowest BCUT2D eigenvalue weighted by Gasteiger charge is -2.28. The van der Waals surface area contributed by atoms with Crippen LogP contribution < -0.4 is 11.1 Å². The largest absolute Gasteiger partial charge is 0.480 e. The number of aliphatic carboxylic acids is 1. The third kappa shape index (κ3) is 9.09. The van der Waals surface area contributed by atoms with E-state index < -0.39 is 36.1 Å². The van der Waals surface area contributed by atoms with Crippen molar-refractivity contribution in [1.29, 1.82) is 0 Å². The number of nitrogens with one attached hydrogen (secondary N) is 1. The maximum atomic E-state index is 13.0. The van der Waals surface area contributed by atoms with Crippen LogP contribution in [0.2, 0.25) is 0 Å². The number of hydrogen-bond acceptors (Lipinski definition) is 7. The van der Waals surface area contributed by atoms with E-state index in [1.54, 1.807) is 60.7 Å². The fourth-order valence-corrected chi connectivity index (χ4v) is 3.14. The van der Waals surface area contributed by atoms with Gasteiger partial charge in [-0.1, -0.05) is 60.7 Å². The van der Waals surface area contributed by atoms with Crippen molar-refractivity contribution in [3.05, 3.63) is 71.8 Å². The second kappa shape index (κ2) is 14.4. The van der Waals surface area contributed by atoms with Crippen LogP contribution in [0.3, 0.4) is 0 Å². The molecule has 2 aromatic rings. The van der Waals surface area contributed by atoms with E-state index in [4.69, 9.17) is 15.2 Å². The topological polar surface area (TPSA) is 148 Å². The van der Waals surface area contributed by atoms with Crippen molar-refractivity contribution in [3.63, 3.8) is 0 Å². The molecular weight excluding hydrogens is 454 g/mol. The first kappa shape index (κ1) is 27.3. The van der Waals surface area contributed by atoms with E-state index in [9.17, 15) is 24.3 Å².